The molecule has 0 saturated heterocycles. The van der Waals surface area contributed by atoms with Crippen LogP contribution >= 0.6 is 0 Å². The van der Waals surface area contributed by atoms with Gasteiger partial charge in [0.1, 0.15) is 5.82 Å². The molecule has 2 aromatic carbocycles. The lowest BCUT2D eigenvalue weighted by molar-refractivity contribution is -0.132. The normalized spacial score (nSPS) is 13.6. The highest BCUT2D eigenvalue weighted by Crippen LogP contribution is 2.29. The van der Waals surface area contributed by atoms with Crippen LogP contribution in [0.2, 0.25) is 0 Å². The van der Waals surface area contributed by atoms with Crippen molar-refractivity contribution in [2.45, 2.75) is 51.7 Å². The summed E-state index contributed by atoms with van der Waals surface area (Å²) >= 11 is 0. The maximum Gasteiger partial charge on any atom is 0.261 e. The number of carbonyl (C=O) groups is 1. The first kappa shape index (κ1) is 19.3. The molecule has 0 bridgehead atoms. The van der Waals surface area contributed by atoms with E-state index in [9.17, 15) is 14.0 Å². The molecule has 5 nitrogen and oxygen atoms in total. The van der Waals surface area contributed by atoms with E-state index in [1.807, 2.05) is 24.0 Å². The van der Waals surface area contributed by atoms with Crippen LogP contribution < -0.4 is 5.56 Å². The Morgan fingerprint density at radius 3 is 2.69 bits per heavy atom. The molecule has 0 unspecified atom stereocenters. The van der Waals surface area contributed by atoms with Gasteiger partial charge in [0.15, 0.2) is 0 Å². The Bertz CT molecular complexity index is 1090. The molecule has 1 heterocycles. The minimum absolute atomic E-state index is 0.0727. The van der Waals surface area contributed by atoms with E-state index in [0.29, 0.717) is 31.3 Å². The van der Waals surface area contributed by atoms with Crippen molar-refractivity contribution in [3.8, 4) is 0 Å². The third kappa shape index (κ3) is 4.36. The lowest BCUT2D eigenvalue weighted by Crippen LogP contribution is -2.32. The number of hydrogen-bond acceptors (Lipinski definition) is 3. The molecule has 4 rings (SSSR count). The minimum Gasteiger partial charge on any atom is -0.335 e. The third-order valence-corrected chi connectivity index (χ3v) is 5.42. The molecule has 1 aliphatic carbocycles. The fourth-order valence-corrected chi connectivity index (χ4v) is 3.63. The van der Waals surface area contributed by atoms with Crippen molar-refractivity contribution in [2.24, 2.45) is 0 Å². The van der Waals surface area contributed by atoms with Gasteiger partial charge in [0.05, 0.1) is 17.2 Å². The number of carbonyl (C=O) groups excluding carboxylic acids is 1. The molecule has 1 saturated carbocycles. The van der Waals surface area contributed by atoms with E-state index in [1.54, 1.807) is 29.1 Å². The number of amides is 1. The number of benzene rings is 2. The van der Waals surface area contributed by atoms with Crippen LogP contribution in [0.4, 0.5) is 4.39 Å². The molecule has 1 aliphatic rings. The Balaban J connectivity index is 1.40. The van der Waals surface area contributed by atoms with E-state index < -0.39 is 0 Å². The highest BCUT2D eigenvalue weighted by molar-refractivity contribution is 5.80. The summed E-state index contributed by atoms with van der Waals surface area (Å²) in [5, 5.41) is 0.606. The van der Waals surface area contributed by atoms with Gasteiger partial charge in [-0.1, -0.05) is 24.3 Å². The van der Waals surface area contributed by atoms with Gasteiger partial charge >= 0.3 is 0 Å². The van der Waals surface area contributed by atoms with Crippen LogP contribution in [0.25, 0.3) is 10.9 Å². The van der Waals surface area contributed by atoms with Crippen LogP contribution in [0.15, 0.2) is 53.6 Å². The van der Waals surface area contributed by atoms with Gasteiger partial charge in [0.25, 0.3) is 5.56 Å². The monoisotopic (exact) mass is 393 g/mol. The fourth-order valence-electron chi connectivity index (χ4n) is 3.63. The molecule has 6 heteroatoms. The summed E-state index contributed by atoms with van der Waals surface area (Å²) in [6.45, 7) is 2.89. The van der Waals surface area contributed by atoms with Crippen molar-refractivity contribution in [1.29, 1.82) is 0 Å². The highest BCUT2D eigenvalue weighted by atomic mass is 19.1. The standard InChI is InChI=1S/C23H24FN3O2/c1-16-4-2-5-20-22(16)25-15-26(23(20)29)13-3-6-21(28)27(19-11-12-19)14-17-7-9-18(24)10-8-17/h2,4-5,7-10,15,19H,3,6,11-14H2,1H3. The number of hydrogen-bond donors (Lipinski definition) is 0. The van der Waals surface area contributed by atoms with Crippen molar-refractivity contribution in [2.75, 3.05) is 0 Å². The van der Waals surface area contributed by atoms with E-state index in [-0.39, 0.29) is 23.3 Å². The summed E-state index contributed by atoms with van der Waals surface area (Å²) in [5.74, 6) is -0.197. The summed E-state index contributed by atoms with van der Waals surface area (Å²) in [6, 6.07) is 12.2. The number of rotatable bonds is 7. The van der Waals surface area contributed by atoms with E-state index in [0.717, 1.165) is 29.5 Å². The second-order valence-corrected chi connectivity index (χ2v) is 7.70. The Kier molecular flexibility index (Phi) is 5.43. The third-order valence-electron chi connectivity index (χ3n) is 5.42. The molecule has 0 aliphatic heterocycles. The van der Waals surface area contributed by atoms with Crippen LogP contribution in [-0.2, 0) is 17.9 Å². The van der Waals surface area contributed by atoms with Gasteiger partial charge in [-0.3, -0.25) is 14.2 Å². The molecule has 0 atom stereocenters. The minimum atomic E-state index is -0.275. The largest absolute Gasteiger partial charge is 0.335 e. The first-order valence-electron chi connectivity index (χ1n) is 10.0. The van der Waals surface area contributed by atoms with Crippen molar-refractivity contribution < 1.29 is 9.18 Å². The van der Waals surface area contributed by atoms with Crippen molar-refractivity contribution in [3.63, 3.8) is 0 Å². The number of aryl methyl sites for hydroxylation is 2. The van der Waals surface area contributed by atoms with E-state index in [4.69, 9.17) is 0 Å². The van der Waals surface area contributed by atoms with E-state index in [2.05, 4.69) is 4.98 Å². The Morgan fingerprint density at radius 2 is 1.97 bits per heavy atom. The molecule has 29 heavy (non-hydrogen) atoms. The van der Waals surface area contributed by atoms with Gasteiger partial charge in [-0.15, -0.1) is 0 Å². The summed E-state index contributed by atoms with van der Waals surface area (Å²) in [6.07, 6.45) is 4.54. The van der Waals surface area contributed by atoms with Gasteiger partial charge in [-0.2, -0.15) is 0 Å². The second-order valence-electron chi connectivity index (χ2n) is 7.70. The predicted octanol–water partition coefficient (Wildman–Crippen LogP) is 3.82. The predicted molar refractivity (Wildman–Crippen MR) is 110 cm³/mol. The number of fused-ring (bicyclic) bond motifs is 1. The lowest BCUT2D eigenvalue weighted by Gasteiger charge is -2.23. The number of aromatic nitrogens is 2. The van der Waals surface area contributed by atoms with Crippen LogP contribution in [0.1, 0.15) is 36.8 Å². The Hall–Kier alpha value is -3.02. The topological polar surface area (TPSA) is 55.2 Å². The summed E-state index contributed by atoms with van der Waals surface area (Å²) in [7, 11) is 0. The molecule has 1 aromatic heterocycles. The zero-order valence-electron chi connectivity index (χ0n) is 16.5. The summed E-state index contributed by atoms with van der Waals surface area (Å²) in [5.41, 5.74) is 2.56. The molecule has 3 aromatic rings. The van der Waals surface area contributed by atoms with Gasteiger partial charge in [-0.05, 0) is 55.5 Å². The van der Waals surface area contributed by atoms with Crippen LogP contribution in [-0.4, -0.2) is 26.4 Å². The first-order valence-corrected chi connectivity index (χ1v) is 10.0. The Labute approximate surface area is 168 Å². The number of nitrogens with zero attached hydrogens (tertiary/aromatic N) is 3. The highest BCUT2D eigenvalue weighted by Gasteiger charge is 2.32. The maximum atomic E-state index is 13.1. The van der Waals surface area contributed by atoms with Crippen molar-refractivity contribution in [3.05, 3.63) is 76.1 Å². The molecule has 0 radical (unpaired) electrons. The zero-order valence-corrected chi connectivity index (χ0v) is 16.5. The average molecular weight is 393 g/mol. The SMILES string of the molecule is Cc1cccc2c(=O)n(CCCC(=O)N(Cc3ccc(F)cc3)C3CC3)cnc12. The molecule has 150 valence electrons. The smallest absolute Gasteiger partial charge is 0.261 e. The summed E-state index contributed by atoms with van der Waals surface area (Å²) in [4.78, 5) is 31.8. The molecular weight excluding hydrogens is 369 g/mol. The first-order chi connectivity index (χ1) is 14.0. The average Bonchev–Trinajstić information content (AvgIpc) is 3.55. The molecule has 0 spiro atoms. The van der Waals surface area contributed by atoms with Gasteiger partial charge in [0, 0.05) is 25.6 Å². The molecule has 1 fully saturated rings. The molecular formula is C23H24FN3O2. The van der Waals surface area contributed by atoms with Gasteiger partial charge in [0.2, 0.25) is 5.91 Å². The molecule has 0 N–H and O–H groups in total. The molecule has 1 amide bonds. The van der Waals surface area contributed by atoms with Gasteiger partial charge in [-0.25, -0.2) is 9.37 Å². The summed E-state index contributed by atoms with van der Waals surface area (Å²) < 4.78 is 14.7. The van der Waals surface area contributed by atoms with Crippen LogP contribution in [0, 0.1) is 12.7 Å². The zero-order chi connectivity index (χ0) is 20.4. The number of para-hydroxylation sites is 1. The number of halogens is 1. The van der Waals surface area contributed by atoms with E-state index in [1.165, 1.54) is 12.1 Å². The van der Waals surface area contributed by atoms with Crippen LogP contribution in [0.5, 0.6) is 0 Å². The fraction of sp³-hybridized carbons (Fsp3) is 0.348. The van der Waals surface area contributed by atoms with E-state index >= 15 is 0 Å². The van der Waals surface area contributed by atoms with Crippen molar-refractivity contribution in [1.82, 2.24) is 14.5 Å². The van der Waals surface area contributed by atoms with Crippen LogP contribution in [0.3, 0.4) is 0 Å². The van der Waals surface area contributed by atoms with Crippen molar-refractivity contribution >= 4 is 16.8 Å². The van der Waals surface area contributed by atoms with Gasteiger partial charge < -0.3 is 4.90 Å². The Morgan fingerprint density at radius 1 is 1.21 bits per heavy atom. The quantitative estimate of drug-likeness (QED) is 0.613. The second kappa shape index (κ2) is 8.15. The maximum absolute atomic E-state index is 13.1. The lowest BCUT2D eigenvalue weighted by atomic mass is 10.1.